The summed E-state index contributed by atoms with van der Waals surface area (Å²) in [5, 5.41) is 0. The number of hydrogen-bond donors (Lipinski definition) is 0. The van der Waals surface area contributed by atoms with Crippen LogP contribution in [0.25, 0.3) is 0 Å². The van der Waals surface area contributed by atoms with Crippen molar-refractivity contribution in [2.24, 2.45) is 0 Å². The molecule has 1 heterocycles. The molecule has 0 atom stereocenters. The van der Waals surface area contributed by atoms with Crippen molar-refractivity contribution in [1.29, 1.82) is 0 Å². The second kappa shape index (κ2) is 7.34. The third-order valence-corrected chi connectivity index (χ3v) is 3.67. The van der Waals surface area contributed by atoms with E-state index in [0.29, 0.717) is 6.42 Å². The van der Waals surface area contributed by atoms with Gasteiger partial charge in [0.25, 0.3) is 0 Å². The van der Waals surface area contributed by atoms with Gasteiger partial charge in [-0.05, 0) is 44.5 Å². The maximum Gasteiger partial charge on any atom is 0.222 e. The minimum Gasteiger partial charge on any atom is -0.491 e. The van der Waals surface area contributed by atoms with Gasteiger partial charge in [0.15, 0.2) is 0 Å². The normalized spacial score (nSPS) is 15.4. The summed E-state index contributed by atoms with van der Waals surface area (Å²) in [6.45, 7) is 9.56. The van der Waals surface area contributed by atoms with Crippen molar-refractivity contribution in [3.8, 4) is 5.75 Å². The van der Waals surface area contributed by atoms with E-state index >= 15 is 0 Å². The number of ether oxygens (including phenoxy) is 1. The summed E-state index contributed by atoms with van der Waals surface area (Å²) in [5.41, 5.74) is 1.20. The first kappa shape index (κ1) is 15.7. The summed E-state index contributed by atoms with van der Waals surface area (Å²) in [6, 6.07) is 8.23. The zero-order chi connectivity index (χ0) is 15.2. The van der Waals surface area contributed by atoms with Crippen LogP contribution in [0.5, 0.6) is 5.75 Å². The second-order valence-corrected chi connectivity index (χ2v) is 5.78. The van der Waals surface area contributed by atoms with Gasteiger partial charge in [0.2, 0.25) is 5.91 Å². The number of nitrogens with zero attached hydrogens (tertiary/aromatic N) is 2. The summed E-state index contributed by atoms with van der Waals surface area (Å²) in [5.74, 6) is 1.20. The predicted octanol–water partition coefficient (Wildman–Crippen LogP) is 2.92. The average Bonchev–Trinajstić information content (AvgIpc) is 2.48. The van der Waals surface area contributed by atoms with Gasteiger partial charge in [-0.15, -0.1) is 0 Å². The minimum absolute atomic E-state index is 0.198. The molecule has 1 fully saturated rings. The zero-order valence-electron chi connectivity index (χ0n) is 13.3. The number of anilines is 1. The quantitative estimate of drug-likeness (QED) is 0.836. The van der Waals surface area contributed by atoms with Crippen molar-refractivity contribution >= 4 is 11.6 Å². The van der Waals surface area contributed by atoms with Gasteiger partial charge in [-0.2, -0.15) is 0 Å². The van der Waals surface area contributed by atoms with E-state index in [1.807, 2.05) is 30.9 Å². The summed E-state index contributed by atoms with van der Waals surface area (Å²) >= 11 is 0. The highest BCUT2D eigenvalue weighted by molar-refractivity contribution is 5.76. The van der Waals surface area contributed by atoms with Crippen molar-refractivity contribution < 1.29 is 9.53 Å². The molecular weight excluding hydrogens is 264 g/mol. The van der Waals surface area contributed by atoms with Crippen LogP contribution in [0.4, 0.5) is 5.69 Å². The Balaban J connectivity index is 1.88. The summed E-state index contributed by atoms with van der Waals surface area (Å²) in [6.07, 6.45) is 1.79. The van der Waals surface area contributed by atoms with Gasteiger partial charge in [0.05, 0.1) is 6.10 Å². The molecule has 0 unspecified atom stereocenters. The topological polar surface area (TPSA) is 32.8 Å². The molecule has 0 saturated carbocycles. The molecule has 0 aromatic heterocycles. The number of amides is 1. The van der Waals surface area contributed by atoms with Crippen LogP contribution in [0.15, 0.2) is 24.3 Å². The molecule has 1 amide bonds. The van der Waals surface area contributed by atoms with Gasteiger partial charge in [0.1, 0.15) is 5.75 Å². The Hall–Kier alpha value is -1.71. The number of hydrogen-bond acceptors (Lipinski definition) is 3. The van der Waals surface area contributed by atoms with E-state index in [-0.39, 0.29) is 12.0 Å². The fourth-order valence-electron chi connectivity index (χ4n) is 2.59. The Morgan fingerprint density at radius 3 is 2.29 bits per heavy atom. The Morgan fingerprint density at radius 1 is 1.14 bits per heavy atom. The van der Waals surface area contributed by atoms with E-state index < -0.39 is 0 Å². The lowest BCUT2D eigenvalue weighted by atomic mass is 10.2. The van der Waals surface area contributed by atoms with Crippen LogP contribution in [0.3, 0.4) is 0 Å². The Labute approximate surface area is 127 Å². The maximum absolute atomic E-state index is 11.9. The highest BCUT2D eigenvalue weighted by Gasteiger charge is 2.20. The average molecular weight is 290 g/mol. The van der Waals surface area contributed by atoms with Crippen LogP contribution in [-0.2, 0) is 4.79 Å². The summed E-state index contributed by atoms with van der Waals surface area (Å²) in [7, 11) is 0. The van der Waals surface area contributed by atoms with E-state index in [9.17, 15) is 4.79 Å². The molecule has 21 heavy (non-hydrogen) atoms. The minimum atomic E-state index is 0.198. The molecule has 4 heteroatoms. The van der Waals surface area contributed by atoms with Crippen LogP contribution in [0.2, 0.25) is 0 Å². The van der Waals surface area contributed by atoms with Crippen LogP contribution in [-0.4, -0.2) is 43.1 Å². The second-order valence-electron chi connectivity index (χ2n) is 5.78. The van der Waals surface area contributed by atoms with Crippen molar-refractivity contribution in [2.75, 3.05) is 31.1 Å². The first-order chi connectivity index (χ1) is 10.1. The first-order valence-electron chi connectivity index (χ1n) is 7.89. The Morgan fingerprint density at radius 2 is 1.76 bits per heavy atom. The molecular formula is C17H26N2O2. The number of rotatable bonds is 5. The molecule has 0 aliphatic carbocycles. The van der Waals surface area contributed by atoms with E-state index in [0.717, 1.165) is 38.3 Å². The number of piperazine rings is 1. The van der Waals surface area contributed by atoms with E-state index in [1.165, 1.54) is 5.69 Å². The van der Waals surface area contributed by atoms with Crippen LogP contribution >= 0.6 is 0 Å². The summed E-state index contributed by atoms with van der Waals surface area (Å²) < 4.78 is 5.66. The molecule has 1 aliphatic heterocycles. The van der Waals surface area contributed by atoms with Crippen LogP contribution < -0.4 is 9.64 Å². The third kappa shape index (κ3) is 4.38. The van der Waals surface area contributed by atoms with Gasteiger partial charge in [0, 0.05) is 38.3 Å². The number of carbonyl (C=O) groups is 1. The SMILES string of the molecule is CCCC(=O)N1CCN(c2ccc(OC(C)C)cc2)CC1. The third-order valence-electron chi connectivity index (χ3n) is 3.67. The first-order valence-corrected chi connectivity index (χ1v) is 7.89. The fourth-order valence-corrected chi connectivity index (χ4v) is 2.59. The smallest absolute Gasteiger partial charge is 0.222 e. The molecule has 0 spiro atoms. The molecule has 1 aromatic rings. The molecule has 0 bridgehead atoms. The molecule has 1 aromatic carbocycles. The fraction of sp³-hybridized carbons (Fsp3) is 0.588. The molecule has 1 saturated heterocycles. The van der Waals surface area contributed by atoms with Crippen molar-refractivity contribution in [3.05, 3.63) is 24.3 Å². The van der Waals surface area contributed by atoms with Crippen molar-refractivity contribution in [3.63, 3.8) is 0 Å². The Kier molecular flexibility index (Phi) is 5.48. The van der Waals surface area contributed by atoms with Gasteiger partial charge in [-0.3, -0.25) is 4.79 Å². The van der Waals surface area contributed by atoms with Gasteiger partial charge in [-0.1, -0.05) is 6.92 Å². The van der Waals surface area contributed by atoms with E-state index in [4.69, 9.17) is 4.74 Å². The highest BCUT2D eigenvalue weighted by atomic mass is 16.5. The largest absolute Gasteiger partial charge is 0.491 e. The van der Waals surface area contributed by atoms with Crippen LogP contribution in [0, 0.1) is 0 Å². The molecule has 116 valence electrons. The molecule has 0 radical (unpaired) electrons. The molecule has 1 aliphatic rings. The molecule has 2 rings (SSSR count). The lowest BCUT2D eigenvalue weighted by molar-refractivity contribution is -0.131. The predicted molar refractivity (Wildman–Crippen MR) is 85.9 cm³/mol. The van der Waals surface area contributed by atoms with Crippen molar-refractivity contribution in [2.45, 2.75) is 39.7 Å². The lowest BCUT2D eigenvalue weighted by Crippen LogP contribution is -2.48. The molecule has 4 nitrogen and oxygen atoms in total. The highest BCUT2D eigenvalue weighted by Crippen LogP contribution is 2.21. The maximum atomic E-state index is 11.9. The zero-order valence-corrected chi connectivity index (χ0v) is 13.3. The van der Waals surface area contributed by atoms with E-state index in [1.54, 1.807) is 0 Å². The summed E-state index contributed by atoms with van der Waals surface area (Å²) in [4.78, 5) is 16.2. The van der Waals surface area contributed by atoms with Gasteiger partial charge in [-0.25, -0.2) is 0 Å². The van der Waals surface area contributed by atoms with E-state index in [2.05, 4.69) is 24.0 Å². The van der Waals surface area contributed by atoms with Gasteiger partial charge >= 0.3 is 0 Å². The Bertz CT molecular complexity index is 448. The van der Waals surface area contributed by atoms with Gasteiger partial charge < -0.3 is 14.5 Å². The standard InChI is InChI=1S/C17H26N2O2/c1-4-5-17(20)19-12-10-18(11-13-19)15-6-8-16(9-7-15)21-14(2)3/h6-9,14H,4-5,10-13H2,1-3H3. The molecule has 0 N–H and O–H groups in total. The number of carbonyl (C=O) groups excluding carboxylic acids is 1. The van der Waals surface area contributed by atoms with Crippen LogP contribution in [0.1, 0.15) is 33.6 Å². The van der Waals surface area contributed by atoms with Crippen molar-refractivity contribution in [1.82, 2.24) is 4.90 Å². The monoisotopic (exact) mass is 290 g/mol. The number of benzene rings is 1. The lowest BCUT2D eigenvalue weighted by Gasteiger charge is -2.36.